The van der Waals surface area contributed by atoms with Crippen molar-refractivity contribution in [1.82, 2.24) is 0 Å². The van der Waals surface area contributed by atoms with Crippen LogP contribution in [0, 0.1) is 28.1 Å². The molecule has 40 heavy (non-hydrogen) atoms. The molecule has 9 nitrogen and oxygen atoms in total. The molecule has 3 aliphatic rings. The minimum atomic E-state index is -1.20. The quantitative estimate of drug-likeness (QED) is 0.403. The maximum Gasteiger partial charge on any atom is 0.305 e. The number of hydrogen-bond donors (Lipinski definition) is 1. The van der Waals surface area contributed by atoms with E-state index in [1.807, 2.05) is 19.9 Å². The second kappa shape index (κ2) is 10.3. The third-order valence-corrected chi connectivity index (χ3v) is 10.0. The molecule has 0 unspecified atom stereocenters. The highest BCUT2D eigenvalue weighted by Gasteiger charge is 2.68. The van der Waals surface area contributed by atoms with Crippen molar-refractivity contribution >= 4 is 23.7 Å². The SMILES string of the molecule is C=C1C2=CC[C@@H](c3ccoc3)[C@]2(C)[C@@H](OC(C)=O)[C@H](OC(C)=O)[C@@H]1[C@@]1(C)[C@@H](O)CC(=O)C(C)(C)[C@@H]1CC(=O)OC. The number of methoxy groups -OCH3 is 1. The maximum atomic E-state index is 13.2. The smallest absolute Gasteiger partial charge is 0.305 e. The molecule has 9 heteroatoms. The zero-order valence-corrected chi connectivity index (χ0v) is 24.3. The first-order chi connectivity index (χ1) is 18.6. The summed E-state index contributed by atoms with van der Waals surface area (Å²) in [5.41, 5.74) is -0.718. The summed E-state index contributed by atoms with van der Waals surface area (Å²) >= 11 is 0. The third kappa shape index (κ3) is 4.42. The summed E-state index contributed by atoms with van der Waals surface area (Å²) in [6.45, 7) is 14.4. The van der Waals surface area contributed by atoms with Crippen molar-refractivity contribution in [3.63, 3.8) is 0 Å². The number of esters is 3. The van der Waals surface area contributed by atoms with E-state index in [4.69, 9.17) is 18.6 Å². The second-order valence-electron chi connectivity index (χ2n) is 12.4. The summed E-state index contributed by atoms with van der Waals surface area (Å²) in [4.78, 5) is 51.2. The highest BCUT2D eigenvalue weighted by Crippen LogP contribution is 2.66. The monoisotopic (exact) mass is 556 g/mol. The summed E-state index contributed by atoms with van der Waals surface area (Å²) in [6, 6.07) is 1.86. The molecule has 2 saturated carbocycles. The van der Waals surface area contributed by atoms with Gasteiger partial charge in [-0.3, -0.25) is 19.2 Å². The number of fused-ring (bicyclic) bond motifs is 1. The van der Waals surface area contributed by atoms with Crippen molar-refractivity contribution < 1.29 is 42.9 Å². The van der Waals surface area contributed by atoms with Crippen LogP contribution in [0.25, 0.3) is 0 Å². The van der Waals surface area contributed by atoms with E-state index in [2.05, 4.69) is 12.7 Å². The van der Waals surface area contributed by atoms with Gasteiger partial charge in [0.2, 0.25) is 0 Å². The van der Waals surface area contributed by atoms with Crippen LogP contribution in [0.5, 0.6) is 0 Å². The molecule has 218 valence electrons. The van der Waals surface area contributed by atoms with E-state index in [1.54, 1.807) is 26.4 Å². The number of hydrogen-bond acceptors (Lipinski definition) is 9. The number of ether oxygens (including phenoxy) is 3. The van der Waals surface area contributed by atoms with E-state index >= 15 is 0 Å². The zero-order valence-electron chi connectivity index (χ0n) is 24.3. The molecule has 1 aromatic rings. The van der Waals surface area contributed by atoms with Crippen LogP contribution >= 0.6 is 0 Å². The molecule has 0 bridgehead atoms. The highest BCUT2D eigenvalue weighted by atomic mass is 16.6. The van der Waals surface area contributed by atoms with Crippen molar-refractivity contribution in [1.29, 1.82) is 0 Å². The fourth-order valence-corrected chi connectivity index (χ4v) is 7.99. The van der Waals surface area contributed by atoms with E-state index in [1.165, 1.54) is 21.0 Å². The van der Waals surface area contributed by atoms with Crippen LogP contribution in [-0.4, -0.2) is 54.2 Å². The first-order valence-electron chi connectivity index (χ1n) is 13.7. The fraction of sp³-hybridized carbons (Fsp3) is 0.613. The number of rotatable bonds is 6. The van der Waals surface area contributed by atoms with Gasteiger partial charge >= 0.3 is 17.9 Å². The van der Waals surface area contributed by atoms with Gasteiger partial charge < -0.3 is 23.7 Å². The predicted octanol–water partition coefficient (Wildman–Crippen LogP) is 4.29. The summed E-state index contributed by atoms with van der Waals surface area (Å²) in [5.74, 6) is -3.53. The summed E-state index contributed by atoms with van der Waals surface area (Å²) in [6.07, 6.45) is 2.37. The molecule has 3 aliphatic carbocycles. The summed E-state index contributed by atoms with van der Waals surface area (Å²) < 4.78 is 22.5. The van der Waals surface area contributed by atoms with E-state index in [-0.39, 0.29) is 24.5 Å². The van der Waals surface area contributed by atoms with Crippen molar-refractivity contribution in [3.8, 4) is 0 Å². The predicted molar refractivity (Wildman–Crippen MR) is 144 cm³/mol. The molecule has 0 saturated heterocycles. The molecule has 4 rings (SSSR count). The number of ketones is 1. The van der Waals surface area contributed by atoms with Crippen LogP contribution < -0.4 is 0 Å². The Labute approximate surface area is 234 Å². The Balaban J connectivity index is 1.96. The molecule has 0 aliphatic heterocycles. The van der Waals surface area contributed by atoms with Gasteiger partial charge in [-0.2, -0.15) is 0 Å². The molecular weight excluding hydrogens is 516 g/mol. The second-order valence-corrected chi connectivity index (χ2v) is 12.4. The largest absolute Gasteiger partial charge is 0.472 e. The lowest BCUT2D eigenvalue weighted by molar-refractivity contribution is -0.207. The molecule has 8 atom stereocenters. The number of Topliss-reactive ketones (excluding diaryl/α,β-unsaturated/α-hetero) is 1. The third-order valence-electron chi connectivity index (χ3n) is 10.0. The number of furan rings is 1. The van der Waals surface area contributed by atoms with Crippen molar-refractivity contribution in [2.45, 2.75) is 85.0 Å². The van der Waals surface area contributed by atoms with Crippen LogP contribution in [-0.2, 0) is 33.4 Å². The van der Waals surface area contributed by atoms with Gasteiger partial charge in [0.1, 0.15) is 18.0 Å². The molecular formula is C31H40O9. The summed E-state index contributed by atoms with van der Waals surface area (Å²) in [7, 11) is 1.27. The van der Waals surface area contributed by atoms with Gasteiger partial charge in [-0.25, -0.2) is 0 Å². The Morgan fingerprint density at radius 1 is 1.12 bits per heavy atom. The Morgan fingerprint density at radius 2 is 1.77 bits per heavy atom. The first-order valence-corrected chi connectivity index (χ1v) is 13.7. The van der Waals surface area contributed by atoms with Gasteiger partial charge in [0, 0.05) is 54.8 Å². The van der Waals surface area contributed by atoms with E-state index in [0.29, 0.717) is 12.0 Å². The van der Waals surface area contributed by atoms with E-state index in [9.17, 15) is 24.3 Å². The average molecular weight is 557 g/mol. The van der Waals surface area contributed by atoms with E-state index in [0.717, 1.165) is 11.1 Å². The highest BCUT2D eigenvalue weighted by molar-refractivity contribution is 5.87. The molecule has 1 aromatic heterocycles. The van der Waals surface area contributed by atoms with Gasteiger partial charge in [0.15, 0.2) is 0 Å². The standard InChI is InChI=1S/C31H40O9/c1-16-20-9-10-21(19-11-12-38-15-19)30(20,6)28(40-18(3)33)27(39-17(2)32)26(16)31(7)22(13-25(36)37-8)29(4,5)23(34)14-24(31)35/h9,11-12,15,21-22,24,26-28,35H,1,10,13-14H2,2-8H3/t21-,22-,24-,26+,27+,28-,30+,31+/m0/s1. The molecule has 1 N–H and O–H groups in total. The number of aliphatic hydroxyl groups excluding tert-OH is 1. The van der Waals surface area contributed by atoms with Crippen LogP contribution in [0.4, 0.5) is 0 Å². The lowest BCUT2D eigenvalue weighted by Gasteiger charge is -2.61. The van der Waals surface area contributed by atoms with Gasteiger partial charge in [0.25, 0.3) is 0 Å². The number of carbonyl (C=O) groups is 4. The molecule has 1 heterocycles. The minimum Gasteiger partial charge on any atom is -0.472 e. The van der Waals surface area contributed by atoms with E-state index < -0.39 is 64.3 Å². The molecule has 0 aromatic carbocycles. The molecule has 0 radical (unpaired) electrons. The Morgan fingerprint density at radius 3 is 2.33 bits per heavy atom. The van der Waals surface area contributed by atoms with Crippen LogP contribution in [0.2, 0.25) is 0 Å². The lowest BCUT2D eigenvalue weighted by atomic mass is 9.45. The fourth-order valence-electron chi connectivity index (χ4n) is 7.99. The number of carbonyl (C=O) groups excluding carboxylic acids is 4. The minimum absolute atomic E-state index is 0.147. The van der Waals surface area contributed by atoms with Crippen molar-refractivity contribution in [3.05, 3.63) is 48.0 Å². The average Bonchev–Trinajstić information content (AvgIpc) is 3.51. The van der Waals surface area contributed by atoms with Gasteiger partial charge in [-0.1, -0.05) is 40.3 Å². The van der Waals surface area contributed by atoms with Gasteiger partial charge in [0.05, 0.1) is 25.7 Å². The summed E-state index contributed by atoms with van der Waals surface area (Å²) in [5, 5.41) is 11.7. The molecule has 0 spiro atoms. The van der Waals surface area contributed by atoms with Gasteiger partial charge in [-0.15, -0.1) is 0 Å². The van der Waals surface area contributed by atoms with Crippen molar-refractivity contribution in [2.24, 2.45) is 28.1 Å². The van der Waals surface area contributed by atoms with Crippen molar-refractivity contribution in [2.75, 3.05) is 7.11 Å². The van der Waals surface area contributed by atoms with Crippen LogP contribution in [0.3, 0.4) is 0 Å². The normalized spacial score (nSPS) is 36.9. The number of allylic oxidation sites excluding steroid dienone is 1. The number of aliphatic hydroxyl groups is 1. The molecule has 0 amide bonds. The van der Waals surface area contributed by atoms with Crippen LogP contribution in [0.15, 0.2) is 46.8 Å². The van der Waals surface area contributed by atoms with Gasteiger partial charge in [-0.05, 0) is 35.1 Å². The zero-order chi connectivity index (χ0) is 29.8. The lowest BCUT2D eigenvalue weighted by Crippen LogP contribution is -2.66. The maximum absolute atomic E-state index is 13.2. The van der Waals surface area contributed by atoms with Crippen LogP contribution in [0.1, 0.15) is 72.3 Å². The topological polar surface area (TPSA) is 129 Å². The molecule has 2 fully saturated rings. The Bertz CT molecular complexity index is 1240. The first kappa shape index (κ1) is 29.8. The Kier molecular flexibility index (Phi) is 7.69. The Hall–Kier alpha value is -3.20.